The third-order valence-corrected chi connectivity index (χ3v) is 5.34. The average molecular weight is 328 g/mol. The van der Waals surface area contributed by atoms with Gasteiger partial charge in [0.2, 0.25) is 0 Å². The minimum Gasteiger partial charge on any atom is -0.465 e. The molecule has 0 unspecified atom stereocenters. The molecule has 1 aromatic carbocycles. The second-order valence-electron chi connectivity index (χ2n) is 6.77. The van der Waals surface area contributed by atoms with E-state index in [-0.39, 0.29) is 0 Å². The number of hydrogen-bond acceptors (Lipinski definition) is 3. The molecule has 6 nitrogen and oxygen atoms in total. The number of nitrogens with zero attached hydrogens (tertiary/aromatic N) is 3. The van der Waals surface area contributed by atoms with Crippen LogP contribution in [0.5, 0.6) is 0 Å². The van der Waals surface area contributed by atoms with Gasteiger partial charge in [-0.15, -0.1) is 0 Å². The highest BCUT2D eigenvalue weighted by molar-refractivity contribution is 5.84. The van der Waals surface area contributed by atoms with Crippen molar-refractivity contribution in [3.63, 3.8) is 0 Å². The summed E-state index contributed by atoms with van der Waals surface area (Å²) in [5.41, 5.74) is 4.09. The molecule has 0 aliphatic carbocycles. The molecule has 128 valence electrons. The number of benzene rings is 1. The van der Waals surface area contributed by atoms with Crippen LogP contribution in [0.3, 0.4) is 0 Å². The number of amides is 1. The summed E-state index contributed by atoms with van der Waals surface area (Å²) in [4.78, 5) is 20.9. The molecular weight excluding hydrogens is 304 g/mol. The Balaban J connectivity index is 1.32. The normalized spacial score (nSPS) is 19.6. The van der Waals surface area contributed by atoms with Crippen molar-refractivity contribution < 1.29 is 9.90 Å². The molecule has 0 saturated carbocycles. The summed E-state index contributed by atoms with van der Waals surface area (Å²) < 4.78 is 0. The molecule has 4 rings (SSSR count). The monoisotopic (exact) mass is 328 g/mol. The van der Waals surface area contributed by atoms with Gasteiger partial charge in [-0.05, 0) is 18.1 Å². The van der Waals surface area contributed by atoms with E-state index < -0.39 is 6.09 Å². The van der Waals surface area contributed by atoms with E-state index >= 15 is 0 Å². The van der Waals surface area contributed by atoms with Gasteiger partial charge in [0.1, 0.15) is 0 Å². The van der Waals surface area contributed by atoms with E-state index in [1.807, 2.05) is 0 Å². The summed E-state index contributed by atoms with van der Waals surface area (Å²) >= 11 is 0. The lowest BCUT2D eigenvalue weighted by Crippen LogP contribution is -2.50. The van der Waals surface area contributed by atoms with Gasteiger partial charge >= 0.3 is 6.09 Å². The first-order chi connectivity index (χ1) is 11.7. The topological polar surface area (TPSA) is 62.8 Å². The van der Waals surface area contributed by atoms with Gasteiger partial charge in [-0.25, -0.2) is 4.79 Å². The van der Waals surface area contributed by atoms with Crippen molar-refractivity contribution in [2.75, 3.05) is 45.8 Å². The summed E-state index contributed by atoms with van der Waals surface area (Å²) in [7, 11) is 0. The third kappa shape index (κ3) is 2.99. The zero-order chi connectivity index (χ0) is 16.5. The molecule has 2 N–H and O–H groups in total. The fourth-order valence-electron chi connectivity index (χ4n) is 3.89. The van der Waals surface area contributed by atoms with Crippen molar-refractivity contribution in [1.29, 1.82) is 0 Å². The maximum absolute atomic E-state index is 11.0. The summed E-state index contributed by atoms with van der Waals surface area (Å²) in [5.74, 6) is 0. The Morgan fingerprint density at radius 2 is 1.79 bits per heavy atom. The summed E-state index contributed by atoms with van der Waals surface area (Å²) in [6.07, 6.45) is 0.309. The average Bonchev–Trinajstić information content (AvgIpc) is 2.98. The van der Waals surface area contributed by atoms with Gasteiger partial charge in [0.05, 0.1) is 0 Å². The van der Waals surface area contributed by atoms with Gasteiger partial charge in [0.25, 0.3) is 0 Å². The number of carbonyl (C=O) groups is 1. The van der Waals surface area contributed by atoms with Gasteiger partial charge in [-0.2, -0.15) is 0 Å². The number of carboxylic acid groups (broad SMARTS) is 1. The third-order valence-electron chi connectivity index (χ3n) is 5.34. The Labute approximate surface area is 141 Å². The first-order valence-corrected chi connectivity index (χ1v) is 8.72. The number of aromatic amines is 1. The maximum atomic E-state index is 11.0. The Kier molecular flexibility index (Phi) is 4.16. The molecule has 0 radical (unpaired) electrons. The molecule has 1 amide bonds. The molecule has 1 fully saturated rings. The lowest BCUT2D eigenvalue weighted by atomic mass is 10.0. The minimum atomic E-state index is -0.794. The highest BCUT2D eigenvalue weighted by Gasteiger charge is 2.23. The highest BCUT2D eigenvalue weighted by Crippen LogP contribution is 2.27. The van der Waals surface area contributed by atoms with Crippen LogP contribution < -0.4 is 0 Å². The number of hydrogen-bond donors (Lipinski definition) is 2. The second kappa shape index (κ2) is 6.45. The standard InChI is InChI=1S/C18H24N4O2/c23-18(24)22-11-9-20(10-12-22)7-8-21-6-5-15-14-3-1-2-4-16(14)19-17(15)13-21/h1-4,19H,5-13H2,(H,23,24). The van der Waals surface area contributed by atoms with Gasteiger partial charge in [-0.3, -0.25) is 9.80 Å². The van der Waals surface area contributed by atoms with Crippen molar-refractivity contribution in [2.45, 2.75) is 13.0 Å². The fourth-order valence-corrected chi connectivity index (χ4v) is 3.89. The van der Waals surface area contributed by atoms with Crippen molar-refractivity contribution >= 4 is 17.0 Å². The van der Waals surface area contributed by atoms with E-state index in [0.29, 0.717) is 13.1 Å². The quantitative estimate of drug-likeness (QED) is 0.902. The molecule has 0 spiro atoms. The smallest absolute Gasteiger partial charge is 0.407 e. The van der Waals surface area contributed by atoms with Crippen LogP contribution in [0.1, 0.15) is 11.3 Å². The summed E-state index contributed by atoms with van der Waals surface area (Å²) in [6, 6.07) is 8.56. The highest BCUT2D eigenvalue weighted by atomic mass is 16.4. The van der Waals surface area contributed by atoms with E-state index in [1.54, 1.807) is 0 Å². The van der Waals surface area contributed by atoms with Crippen molar-refractivity contribution in [1.82, 2.24) is 19.7 Å². The Morgan fingerprint density at radius 1 is 1.04 bits per heavy atom. The van der Waals surface area contributed by atoms with Crippen LogP contribution in [-0.4, -0.2) is 76.7 Å². The molecule has 1 saturated heterocycles. The molecule has 2 aliphatic rings. The zero-order valence-corrected chi connectivity index (χ0v) is 13.9. The van der Waals surface area contributed by atoms with Crippen LogP contribution in [0.2, 0.25) is 0 Å². The number of H-pyrrole nitrogens is 1. The van der Waals surface area contributed by atoms with Crippen molar-refractivity contribution in [3.05, 3.63) is 35.5 Å². The summed E-state index contributed by atoms with van der Waals surface area (Å²) in [5, 5.41) is 10.4. The Bertz CT molecular complexity index is 734. The minimum absolute atomic E-state index is 0.626. The lowest BCUT2D eigenvalue weighted by molar-refractivity contribution is 0.0980. The number of rotatable bonds is 3. The SMILES string of the molecule is O=C(O)N1CCN(CCN2CCc3c([nH]c4ccccc34)C2)CC1. The number of fused-ring (bicyclic) bond motifs is 3. The molecule has 24 heavy (non-hydrogen) atoms. The number of piperazine rings is 1. The predicted octanol–water partition coefficient (Wildman–Crippen LogP) is 1.82. The van der Waals surface area contributed by atoms with Crippen molar-refractivity contribution in [3.8, 4) is 0 Å². The van der Waals surface area contributed by atoms with Crippen molar-refractivity contribution in [2.24, 2.45) is 0 Å². The van der Waals surface area contributed by atoms with Gasteiger partial charge in [0.15, 0.2) is 0 Å². The molecule has 0 atom stereocenters. The van der Waals surface area contributed by atoms with E-state index in [4.69, 9.17) is 5.11 Å². The van der Waals surface area contributed by atoms with Crippen LogP contribution in [0, 0.1) is 0 Å². The van der Waals surface area contributed by atoms with Gasteiger partial charge < -0.3 is 15.0 Å². The molecule has 0 bridgehead atoms. The summed E-state index contributed by atoms with van der Waals surface area (Å²) in [6.45, 7) is 7.09. The van der Waals surface area contributed by atoms with Crippen LogP contribution >= 0.6 is 0 Å². The van der Waals surface area contributed by atoms with E-state index in [0.717, 1.165) is 45.7 Å². The van der Waals surface area contributed by atoms with E-state index in [1.165, 1.54) is 27.1 Å². The fraction of sp³-hybridized carbons (Fsp3) is 0.500. The lowest BCUT2D eigenvalue weighted by Gasteiger charge is -2.35. The molecule has 3 heterocycles. The molecule has 6 heteroatoms. The van der Waals surface area contributed by atoms with Crippen LogP contribution in [0.25, 0.3) is 10.9 Å². The van der Waals surface area contributed by atoms with E-state index in [2.05, 4.69) is 39.0 Å². The second-order valence-corrected chi connectivity index (χ2v) is 6.77. The van der Waals surface area contributed by atoms with E-state index in [9.17, 15) is 4.79 Å². The number of para-hydroxylation sites is 1. The molecule has 2 aliphatic heterocycles. The van der Waals surface area contributed by atoms with Gasteiger partial charge in [0, 0.05) is 69.0 Å². The number of aromatic nitrogens is 1. The first kappa shape index (κ1) is 15.5. The Morgan fingerprint density at radius 3 is 2.58 bits per heavy atom. The molecule has 2 aromatic rings. The first-order valence-electron chi connectivity index (χ1n) is 8.72. The Hall–Kier alpha value is -2.05. The maximum Gasteiger partial charge on any atom is 0.407 e. The van der Waals surface area contributed by atoms with Gasteiger partial charge in [-0.1, -0.05) is 18.2 Å². The molecular formula is C18H24N4O2. The van der Waals surface area contributed by atoms with Crippen LogP contribution in [-0.2, 0) is 13.0 Å². The van der Waals surface area contributed by atoms with Crippen LogP contribution in [0.4, 0.5) is 4.79 Å². The zero-order valence-electron chi connectivity index (χ0n) is 13.9. The van der Waals surface area contributed by atoms with Crippen LogP contribution in [0.15, 0.2) is 24.3 Å². The predicted molar refractivity (Wildman–Crippen MR) is 93.3 cm³/mol. The molecule has 1 aromatic heterocycles. The number of nitrogens with one attached hydrogen (secondary N) is 1. The largest absolute Gasteiger partial charge is 0.465 e.